The van der Waals surface area contributed by atoms with Crippen molar-refractivity contribution in [1.82, 2.24) is 0 Å². The van der Waals surface area contributed by atoms with E-state index in [-0.39, 0.29) is 0 Å². The van der Waals surface area contributed by atoms with Crippen molar-refractivity contribution in [2.75, 3.05) is 16.3 Å². The monoisotopic (exact) mass is 287 g/mol. The van der Waals surface area contributed by atoms with E-state index in [9.17, 15) is 8.42 Å². The van der Waals surface area contributed by atoms with Crippen molar-refractivity contribution in [2.45, 2.75) is 6.92 Å². The number of hydrogen-bond acceptors (Lipinski definition) is 4. The van der Waals surface area contributed by atoms with Gasteiger partial charge >= 0.3 is 0 Å². The summed E-state index contributed by atoms with van der Waals surface area (Å²) in [5.41, 5.74) is 1.82. The molecule has 0 saturated carbocycles. The smallest absolute Gasteiger partial charge is 0.229 e. The van der Waals surface area contributed by atoms with Crippen LogP contribution in [-0.4, -0.2) is 21.4 Å². The minimum Gasteiger partial charge on any atom is -0.358 e. The number of anilines is 2. The summed E-state index contributed by atoms with van der Waals surface area (Å²) in [6, 6.07) is 4.83. The zero-order valence-electron chi connectivity index (χ0n) is 10.1. The van der Waals surface area contributed by atoms with Gasteiger partial charge in [-0.2, -0.15) is 0 Å². The normalized spacial score (nSPS) is 12.1. The molecule has 0 bridgehead atoms. The van der Waals surface area contributed by atoms with Gasteiger partial charge in [-0.05, 0) is 31.8 Å². The molecule has 0 saturated heterocycles. The molecule has 18 heavy (non-hydrogen) atoms. The van der Waals surface area contributed by atoms with Crippen LogP contribution in [0.25, 0.3) is 0 Å². The Labute approximate surface area is 112 Å². The molecule has 0 atom stereocenters. The van der Waals surface area contributed by atoms with Crippen molar-refractivity contribution in [1.29, 1.82) is 0 Å². The average Bonchev–Trinajstić information content (AvgIpc) is 2.13. The van der Waals surface area contributed by atoms with Crippen molar-refractivity contribution in [2.24, 2.45) is 4.99 Å². The van der Waals surface area contributed by atoms with Crippen LogP contribution in [0.15, 0.2) is 35.1 Å². The molecule has 2 N–H and O–H groups in total. The van der Waals surface area contributed by atoms with Crippen LogP contribution in [0.5, 0.6) is 0 Å². The lowest BCUT2D eigenvalue weighted by Crippen LogP contribution is -2.09. The molecule has 0 aromatic heterocycles. The third-order valence-electron chi connectivity index (χ3n) is 1.83. The predicted molar refractivity (Wildman–Crippen MR) is 76.8 cm³/mol. The standard InChI is InChI=1S/C11H14ClN3O2S/c1-8(7-13-2)14-10-4-9(12)5-11(6-10)15-18(3,16)17/h4-7,14-15H,2H2,1,3H3. The van der Waals surface area contributed by atoms with Crippen molar-refractivity contribution in [3.05, 3.63) is 35.1 Å². The van der Waals surface area contributed by atoms with Gasteiger partial charge in [-0.25, -0.2) is 8.42 Å². The molecular formula is C11H14ClN3O2S. The van der Waals surface area contributed by atoms with Crippen molar-refractivity contribution < 1.29 is 8.42 Å². The average molecular weight is 288 g/mol. The second-order valence-electron chi connectivity index (χ2n) is 3.72. The van der Waals surface area contributed by atoms with Crippen LogP contribution >= 0.6 is 11.6 Å². The maximum absolute atomic E-state index is 11.1. The third-order valence-corrected chi connectivity index (χ3v) is 2.65. The molecule has 0 heterocycles. The predicted octanol–water partition coefficient (Wildman–Crippen LogP) is 2.69. The summed E-state index contributed by atoms with van der Waals surface area (Å²) in [4.78, 5) is 3.62. The Morgan fingerprint density at radius 3 is 2.56 bits per heavy atom. The van der Waals surface area contributed by atoms with Crippen molar-refractivity contribution in [3.63, 3.8) is 0 Å². The number of aliphatic imine (C=N–C) groups is 1. The van der Waals surface area contributed by atoms with Crippen LogP contribution in [0.1, 0.15) is 6.92 Å². The van der Waals surface area contributed by atoms with Crippen LogP contribution in [-0.2, 0) is 10.0 Å². The summed E-state index contributed by atoms with van der Waals surface area (Å²) in [6.45, 7) is 5.15. The van der Waals surface area contributed by atoms with Crippen LogP contribution < -0.4 is 10.0 Å². The maximum Gasteiger partial charge on any atom is 0.229 e. The van der Waals surface area contributed by atoms with Gasteiger partial charge in [0.05, 0.1) is 11.9 Å². The first-order valence-corrected chi connectivity index (χ1v) is 7.25. The van der Waals surface area contributed by atoms with E-state index >= 15 is 0 Å². The quantitative estimate of drug-likeness (QED) is 0.818. The zero-order valence-corrected chi connectivity index (χ0v) is 11.6. The number of halogens is 1. The van der Waals surface area contributed by atoms with Gasteiger partial charge in [0.25, 0.3) is 0 Å². The van der Waals surface area contributed by atoms with E-state index in [4.69, 9.17) is 11.6 Å². The Morgan fingerprint density at radius 2 is 2.00 bits per heavy atom. The Bertz CT molecular complexity index is 582. The molecule has 0 aliphatic carbocycles. The zero-order chi connectivity index (χ0) is 13.8. The van der Waals surface area contributed by atoms with Crippen molar-refractivity contribution in [3.8, 4) is 0 Å². The minimum atomic E-state index is -3.33. The first kappa shape index (κ1) is 14.5. The van der Waals surface area contributed by atoms with Gasteiger partial charge in [0, 0.05) is 22.6 Å². The summed E-state index contributed by atoms with van der Waals surface area (Å²) in [5, 5.41) is 3.44. The van der Waals surface area contributed by atoms with Gasteiger partial charge in [-0.15, -0.1) is 0 Å². The Kier molecular flexibility index (Phi) is 4.75. The number of benzene rings is 1. The van der Waals surface area contributed by atoms with E-state index in [1.54, 1.807) is 25.3 Å². The molecule has 7 heteroatoms. The van der Waals surface area contributed by atoms with E-state index in [0.717, 1.165) is 12.0 Å². The fourth-order valence-electron chi connectivity index (χ4n) is 1.33. The molecular weight excluding hydrogens is 274 g/mol. The fourth-order valence-corrected chi connectivity index (χ4v) is 2.11. The highest BCUT2D eigenvalue weighted by Gasteiger charge is 2.05. The molecule has 0 fully saturated rings. The molecule has 0 radical (unpaired) electrons. The van der Waals surface area contributed by atoms with E-state index in [0.29, 0.717) is 16.4 Å². The lowest BCUT2D eigenvalue weighted by molar-refractivity contribution is 0.607. The largest absolute Gasteiger partial charge is 0.358 e. The topological polar surface area (TPSA) is 70.6 Å². The van der Waals surface area contributed by atoms with Gasteiger partial charge in [-0.1, -0.05) is 11.6 Å². The summed E-state index contributed by atoms with van der Waals surface area (Å²) < 4.78 is 24.6. The molecule has 0 aliphatic rings. The molecule has 1 rings (SSSR count). The number of rotatable bonds is 5. The highest BCUT2D eigenvalue weighted by atomic mass is 35.5. The molecule has 0 aliphatic heterocycles. The lowest BCUT2D eigenvalue weighted by atomic mass is 10.2. The van der Waals surface area contributed by atoms with Crippen LogP contribution in [0.2, 0.25) is 5.02 Å². The first-order chi connectivity index (χ1) is 8.30. The summed E-state index contributed by atoms with van der Waals surface area (Å²) in [6.07, 6.45) is 2.62. The Morgan fingerprint density at radius 1 is 1.39 bits per heavy atom. The molecule has 1 aromatic rings. The highest BCUT2D eigenvalue weighted by molar-refractivity contribution is 7.92. The SMILES string of the molecule is C=NC=C(C)Nc1cc(Cl)cc(NS(C)(=O)=O)c1. The number of nitrogens with one attached hydrogen (secondary N) is 2. The molecule has 0 unspecified atom stereocenters. The highest BCUT2D eigenvalue weighted by Crippen LogP contribution is 2.24. The lowest BCUT2D eigenvalue weighted by Gasteiger charge is -2.10. The van der Waals surface area contributed by atoms with Gasteiger partial charge in [0.1, 0.15) is 0 Å². The van der Waals surface area contributed by atoms with Crippen molar-refractivity contribution >= 4 is 39.7 Å². The summed E-state index contributed by atoms with van der Waals surface area (Å²) in [7, 11) is -3.33. The molecule has 1 aromatic carbocycles. The van der Waals surface area contributed by atoms with Gasteiger partial charge < -0.3 is 5.32 Å². The van der Waals surface area contributed by atoms with Gasteiger partial charge in [-0.3, -0.25) is 9.71 Å². The van der Waals surface area contributed by atoms with Crippen LogP contribution in [0.4, 0.5) is 11.4 Å². The third kappa shape index (κ3) is 5.20. The first-order valence-electron chi connectivity index (χ1n) is 4.98. The fraction of sp³-hybridized carbons (Fsp3) is 0.182. The minimum absolute atomic E-state index is 0.395. The summed E-state index contributed by atoms with van der Waals surface area (Å²) >= 11 is 5.91. The van der Waals surface area contributed by atoms with Gasteiger partial charge in [0.2, 0.25) is 10.0 Å². The Hall–Kier alpha value is -1.53. The molecule has 5 nitrogen and oxygen atoms in total. The number of sulfonamides is 1. The van der Waals surface area contributed by atoms with E-state index in [1.807, 2.05) is 0 Å². The molecule has 0 spiro atoms. The van der Waals surface area contributed by atoms with E-state index in [2.05, 4.69) is 21.7 Å². The second kappa shape index (κ2) is 5.88. The van der Waals surface area contributed by atoms with Gasteiger partial charge in [0.15, 0.2) is 0 Å². The number of hydrogen-bond donors (Lipinski definition) is 2. The van der Waals surface area contributed by atoms with Crippen LogP contribution in [0.3, 0.4) is 0 Å². The molecule has 0 amide bonds. The number of nitrogens with zero attached hydrogens (tertiary/aromatic N) is 1. The maximum atomic E-state index is 11.1. The second-order valence-corrected chi connectivity index (χ2v) is 5.91. The van der Waals surface area contributed by atoms with E-state index in [1.165, 1.54) is 6.07 Å². The molecule has 98 valence electrons. The van der Waals surface area contributed by atoms with Crippen LogP contribution in [0, 0.1) is 0 Å². The Balaban J connectivity index is 3.01. The summed E-state index contributed by atoms with van der Waals surface area (Å²) in [5.74, 6) is 0. The van der Waals surface area contributed by atoms with E-state index < -0.39 is 10.0 Å². The number of allylic oxidation sites excluding steroid dienone is 1.